The fourth-order valence-corrected chi connectivity index (χ4v) is 0.964. The average Bonchev–Trinajstić information content (AvgIpc) is 1.89. The largest absolute Gasteiger partial charge is 0.388 e. The minimum atomic E-state index is -0.427. The molecule has 0 radical (unpaired) electrons. The lowest BCUT2D eigenvalue weighted by Gasteiger charge is -2.26. The van der Waals surface area contributed by atoms with Crippen LogP contribution in [0.25, 0.3) is 0 Å². The summed E-state index contributed by atoms with van der Waals surface area (Å²) >= 11 is 0. The monoisotopic (exact) mass is 132 g/mol. The van der Waals surface area contributed by atoms with Gasteiger partial charge in [0, 0.05) is 13.7 Å². The molecule has 9 heavy (non-hydrogen) atoms. The van der Waals surface area contributed by atoms with Gasteiger partial charge in [-0.1, -0.05) is 0 Å². The molecule has 0 amide bonds. The van der Waals surface area contributed by atoms with Crippen molar-refractivity contribution in [3.05, 3.63) is 0 Å². The fraction of sp³-hybridized carbons (Fsp3) is 1.00. The Kier molecular flexibility index (Phi) is 2.45. The van der Waals surface area contributed by atoms with Crippen molar-refractivity contribution < 1.29 is 14.6 Å². The lowest BCUT2D eigenvalue weighted by atomic mass is 10.1. The molecule has 3 nitrogen and oxygen atoms in total. The molecule has 1 aliphatic rings. The van der Waals surface area contributed by atoms with Crippen LogP contribution < -0.4 is 0 Å². The van der Waals surface area contributed by atoms with E-state index >= 15 is 0 Å². The van der Waals surface area contributed by atoms with Crippen molar-refractivity contribution in [1.29, 1.82) is 0 Å². The minimum absolute atomic E-state index is 0.390. The molecule has 54 valence electrons. The van der Waals surface area contributed by atoms with Crippen LogP contribution in [0.15, 0.2) is 0 Å². The van der Waals surface area contributed by atoms with Gasteiger partial charge in [-0.2, -0.15) is 0 Å². The zero-order chi connectivity index (χ0) is 6.69. The summed E-state index contributed by atoms with van der Waals surface area (Å²) in [6, 6.07) is 0. The molecule has 1 heterocycles. The van der Waals surface area contributed by atoms with Crippen LogP contribution in [-0.2, 0) is 9.47 Å². The first-order chi connectivity index (χ1) is 4.34. The third-order valence-electron chi connectivity index (χ3n) is 1.47. The zero-order valence-electron chi connectivity index (χ0n) is 5.54. The van der Waals surface area contributed by atoms with Gasteiger partial charge in [-0.25, -0.2) is 0 Å². The third kappa shape index (κ3) is 1.64. The zero-order valence-corrected chi connectivity index (χ0v) is 5.54. The van der Waals surface area contributed by atoms with E-state index < -0.39 is 12.4 Å². The number of aliphatic hydroxyl groups excluding tert-OH is 1. The van der Waals surface area contributed by atoms with E-state index in [9.17, 15) is 0 Å². The summed E-state index contributed by atoms with van der Waals surface area (Å²) in [4.78, 5) is 0. The van der Waals surface area contributed by atoms with E-state index in [0.717, 1.165) is 12.8 Å². The van der Waals surface area contributed by atoms with Crippen LogP contribution in [0.2, 0.25) is 0 Å². The highest BCUT2D eigenvalue weighted by Gasteiger charge is 2.22. The molecule has 0 unspecified atom stereocenters. The van der Waals surface area contributed by atoms with Gasteiger partial charge < -0.3 is 14.6 Å². The summed E-state index contributed by atoms with van der Waals surface area (Å²) in [5, 5.41) is 9.12. The first-order valence-corrected chi connectivity index (χ1v) is 3.17. The molecule has 0 aromatic rings. The number of methoxy groups -OCH3 is 1. The van der Waals surface area contributed by atoms with Crippen LogP contribution in [0.1, 0.15) is 12.8 Å². The van der Waals surface area contributed by atoms with Gasteiger partial charge in [-0.05, 0) is 12.8 Å². The quantitative estimate of drug-likeness (QED) is 0.551. The molecule has 0 aromatic heterocycles. The molecule has 1 aliphatic heterocycles. The summed E-state index contributed by atoms with van der Waals surface area (Å²) in [7, 11) is 1.54. The van der Waals surface area contributed by atoms with Crippen LogP contribution in [0.4, 0.5) is 0 Å². The van der Waals surface area contributed by atoms with E-state index in [2.05, 4.69) is 0 Å². The fourth-order valence-electron chi connectivity index (χ4n) is 0.964. The third-order valence-corrected chi connectivity index (χ3v) is 1.47. The van der Waals surface area contributed by atoms with Gasteiger partial charge in [0.1, 0.15) is 6.10 Å². The lowest BCUT2D eigenvalue weighted by Crippen LogP contribution is -2.35. The Hall–Kier alpha value is -0.120. The van der Waals surface area contributed by atoms with Crippen LogP contribution in [-0.4, -0.2) is 31.2 Å². The van der Waals surface area contributed by atoms with E-state index in [1.54, 1.807) is 7.11 Å². The second kappa shape index (κ2) is 3.15. The Morgan fingerprint density at radius 2 is 2.44 bits per heavy atom. The van der Waals surface area contributed by atoms with Crippen molar-refractivity contribution in [3.8, 4) is 0 Å². The summed E-state index contributed by atoms with van der Waals surface area (Å²) in [6.45, 7) is 0.704. The number of aliphatic hydroxyl groups is 1. The molecule has 3 heteroatoms. The molecular weight excluding hydrogens is 120 g/mol. The Balaban J connectivity index is 2.30. The standard InChI is InChI=1S/C6H12O3/c1-8-6-5(7)3-2-4-9-6/h5-7H,2-4H2,1H3/t5-,6-/m0/s1. The predicted octanol–water partition coefficient (Wildman–Crippen LogP) is 0.130. The molecule has 0 spiro atoms. The van der Waals surface area contributed by atoms with Crippen molar-refractivity contribution in [2.75, 3.05) is 13.7 Å². The number of hydrogen-bond acceptors (Lipinski definition) is 3. The second-order valence-corrected chi connectivity index (χ2v) is 2.18. The molecule has 0 bridgehead atoms. The van der Waals surface area contributed by atoms with Crippen LogP contribution in [0, 0.1) is 0 Å². The van der Waals surface area contributed by atoms with E-state index in [0.29, 0.717) is 6.61 Å². The molecule has 1 rings (SSSR count). The van der Waals surface area contributed by atoms with Gasteiger partial charge in [-0.15, -0.1) is 0 Å². The average molecular weight is 132 g/mol. The Morgan fingerprint density at radius 3 is 2.89 bits per heavy atom. The van der Waals surface area contributed by atoms with Crippen molar-refractivity contribution in [2.45, 2.75) is 25.2 Å². The van der Waals surface area contributed by atoms with Crippen LogP contribution >= 0.6 is 0 Å². The molecule has 2 atom stereocenters. The first kappa shape index (κ1) is 6.99. The highest BCUT2D eigenvalue weighted by Crippen LogP contribution is 2.13. The lowest BCUT2D eigenvalue weighted by molar-refractivity contribution is -0.201. The summed E-state index contributed by atoms with van der Waals surface area (Å²) in [6.07, 6.45) is 0.905. The Labute approximate surface area is 54.6 Å². The molecule has 0 aromatic carbocycles. The Morgan fingerprint density at radius 1 is 1.67 bits per heavy atom. The molecule has 0 aliphatic carbocycles. The van der Waals surface area contributed by atoms with Crippen molar-refractivity contribution >= 4 is 0 Å². The van der Waals surface area contributed by atoms with Gasteiger partial charge in [0.15, 0.2) is 6.29 Å². The molecule has 1 saturated heterocycles. The molecule has 1 fully saturated rings. The van der Waals surface area contributed by atoms with E-state index in [-0.39, 0.29) is 0 Å². The van der Waals surface area contributed by atoms with Gasteiger partial charge in [0.2, 0.25) is 0 Å². The van der Waals surface area contributed by atoms with E-state index in [4.69, 9.17) is 14.6 Å². The number of rotatable bonds is 1. The van der Waals surface area contributed by atoms with Crippen molar-refractivity contribution in [3.63, 3.8) is 0 Å². The van der Waals surface area contributed by atoms with E-state index in [1.165, 1.54) is 0 Å². The van der Waals surface area contributed by atoms with Gasteiger partial charge >= 0.3 is 0 Å². The van der Waals surface area contributed by atoms with Crippen LogP contribution in [0.5, 0.6) is 0 Å². The van der Waals surface area contributed by atoms with E-state index in [1.807, 2.05) is 0 Å². The van der Waals surface area contributed by atoms with Gasteiger partial charge in [0.25, 0.3) is 0 Å². The van der Waals surface area contributed by atoms with Crippen molar-refractivity contribution in [1.82, 2.24) is 0 Å². The normalized spacial score (nSPS) is 36.7. The minimum Gasteiger partial charge on any atom is -0.388 e. The molecule has 1 N–H and O–H groups in total. The van der Waals surface area contributed by atoms with Gasteiger partial charge in [-0.3, -0.25) is 0 Å². The topological polar surface area (TPSA) is 38.7 Å². The summed E-state index contributed by atoms with van der Waals surface area (Å²) < 4.78 is 9.90. The maximum absolute atomic E-state index is 9.12. The highest BCUT2D eigenvalue weighted by molar-refractivity contribution is 4.64. The maximum atomic E-state index is 9.12. The first-order valence-electron chi connectivity index (χ1n) is 3.17. The Bertz CT molecular complexity index is 84.4. The van der Waals surface area contributed by atoms with Gasteiger partial charge in [0.05, 0.1) is 0 Å². The number of hydrogen-bond donors (Lipinski definition) is 1. The number of ether oxygens (including phenoxy) is 2. The summed E-state index contributed by atoms with van der Waals surface area (Å²) in [5.74, 6) is 0. The maximum Gasteiger partial charge on any atom is 0.183 e. The second-order valence-electron chi connectivity index (χ2n) is 2.18. The molecular formula is C6H12O3. The summed E-state index contributed by atoms with van der Waals surface area (Å²) in [5.41, 5.74) is 0. The predicted molar refractivity (Wildman–Crippen MR) is 32.0 cm³/mol. The SMILES string of the molecule is CO[C@H]1OCCC[C@@H]1O. The van der Waals surface area contributed by atoms with Crippen molar-refractivity contribution in [2.24, 2.45) is 0 Å². The smallest absolute Gasteiger partial charge is 0.183 e. The molecule has 0 saturated carbocycles. The van der Waals surface area contributed by atoms with Crippen LogP contribution in [0.3, 0.4) is 0 Å². The highest BCUT2D eigenvalue weighted by atomic mass is 16.7.